The van der Waals surface area contributed by atoms with E-state index in [1.165, 1.54) is 0 Å². The number of hydrogen-bond donors (Lipinski definition) is 3. The summed E-state index contributed by atoms with van der Waals surface area (Å²) in [6.07, 6.45) is 4.89. The average molecular weight is 593 g/mol. The van der Waals surface area contributed by atoms with Gasteiger partial charge < -0.3 is 25.4 Å². The number of nitrogens with one attached hydrogen (secondary N) is 2. The Bertz CT molecular complexity index is 1530. The number of fused-ring (bicyclic) bond motifs is 1. The zero-order valence-electron chi connectivity index (χ0n) is 24.5. The van der Waals surface area contributed by atoms with Crippen LogP contribution in [0.5, 0.6) is 5.75 Å². The molecule has 0 bridgehead atoms. The van der Waals surface area contributed by atoms with E-state index in [1.807, 2.05) is 58.4 Å². The van der Waals surface area contributed by atoms with Gasteiger partial charge in [-0.25, -0.2) is 9.97 Å². The van der Waals surface area contributed by atoms with Crippen molar-refractivity contribution in [3.8, 4) is 17.0 Å². The van der Waals surface area contributed by atoms with Crippen LogP contribution in [0.25, 0.3) is 16.9 Å². The third-order valence-electron chi connectivity index (χ3n) is 6.47. The molecule has 11 heteroatoms. The van der Waals surface area contributed by atoms with Crippen LogP contribution in [0.3, 0.4) is 0 Å². The summed E-state index contributed by atoms with van der Waals surface area (Å²) in [6, 6.07) is 12.4. The molecule has 0 aliphatic carbocycles. The second-order valence-electron chi connectivity index (χ2n) is 10.8. The SMILES string of the molecule is CC(C)Oc1ccc(C(=O)N[C@H](CNC(=O)CN(C)C)Cc2ccc(-c3cn4cncc([C@H](C)O)c4n3)cc2)cc1Cl. The van der Waals surface area contributed by atoms with Crippen LogP contribution < -0.4 is 15.4 Å². The highest BCUT2D eigenvalue weighted by atomic mass is 35.5. The normalized spacial score (nSPS) is 12.9. The van der Waals surface area contributed by atoms with Crippen LogP contribution >= 0.6 is 11.6 Å². The van der Waals surface area contributed by atoms with Gasteiger partial charge >= 0.3 is 0 Å². The van der Waals surface area contributed by atoms with Crippen molar-refractivity contribution >= 4 is 29.1 Å². The number of likely N-dealkylation sites (N-methyl/N-ethyl adjacent to an activating group) is 1. The molecule has 0 aliphatic rings. The molecule has 0 saturated heterocycles. The molecule has 4 aromatic rings. The largest absolute Gasteiger partial charge is 0.489 e. The maximum Gasteiger partial charge on any atom is 0.251 e. The Kier molecular flexibility index (Phi) is 10.2. The van der Waals surface area contributed by atoms with Crippen molar-refractivity contribution < 1.29 is 19.4 Å². The molecule has 42 heavy (non-hydrogen) atoms. The number of halogens is 1. The van der Waals surface area contributed by atoms with Gasteiger partial charge in [0.1, 0.15) is 17.7 Å². The van der Waals surface area contributed by atoms with E-state index in [9.17, 15) is 14.7 Å². The molecule has 0 aliphatic heterocycles. The highest BCUT2D eigenvalue weighted by Gasteiger charge is 2.18. The van der Waals surface area contributed by atoms with Crippen LogP contribution in [0.15, 0.2) is 61.2 Å². The number of benzene rings is 2. The first-order valence-electron chi connectivity index (χ1n) is 13.8. The van der Waals surface area contributed by atoms with Gasteiger partial charge in [-0.05, 0) is 65.0 Å². The number of imidazole rings is 1. The van der Waals surface area contributed by atoms with E-state index in [0.29, 0.717) is 34.0 Å². The number of hydrogen-bond acceptors (Lipinski definition) is 7. The third-order valence-corrected chi connectivity index (χ3v) is 6.77. The topological polar surface area (TPSA) is 121 Å². The maximum absolute atomic E-state index is 13.2. The third kappa shape index (κ3) is 8.06. The minimum absolute atomic E-state index is 0.0462. The van der Waals surface area contributed by atoms with Crippen molar-refractivity contribution in [2.24, 2.45) is 0 Å². The van der Waals surface area contributed by atoms with Crippen molar-refractivity contribution in [1.82, 2.24) is 29.9 Å². The number of rotatable bonds is 12. The predicted octanol–water partition coefficient (Wildman–Crippen LogP) is 3.91. The smallest absolute Gasteiger partial charge is 0.251 e. The molecule has 2 atom stereocenters. The monoisotopic (exact) mass is 592 g/mol. The van der Waals surface area contributed by atoms with Gasteiger partial charge in [-0.15, -0.1) is 0 Å². The van der Waals surface area contributed by atoms with Gasteiger partial charge in [0.15, 0.2) is 0 Å². The Morgan fingerprint density at radius 3 is 2.50 bits per heavy atom. The van der Waals surface area contributed by atoms with Gasteiger partial charge in [-0.2, -0.15) is 0 Å². The van der Waals surface area contributed by atoms with Crippen molar-refractivity contribution in [2.75, 3.05) is 27.2 Å². The number of amides is 2. The molecule has 2 aromatic carbocycles. The lowest BCUT2D eigenvalue weighted by Gasteiger charge is -2.21. The zero-order valence-corrected chi connectivity index (χ0v) is 25.2. The Balaban J connectivity index is 1.50. The van der Waals surface area contributed by atoms with Crippen molar-refractivity contribution in [3.63, 3.8) is 0 Å². The second kappa shape index (κ2) is 13.8. The molecule has 2 amide bonds. The van der Waals surface area contributed by atoms with Gasteiger partial charge in [0.25, 0.3) is 5.91 Å². The molecule has 0 unspecified atom stereocenters. The Morgan fingerprint density at radius 2 is 1.86 bits per heavy atom. The fourth-order valence-corrected chi connectivity index (χ4v) is 4.71. The molecule has 0 spiro atoms. The van der Waals surface area contributed by atoms with Crippen molar-refractivity contribution in [3.05, 3.63) is 82.9 Å². The van der Waals surface area contributed by atoms with E-state index in [0.717, 1.165) is 16.8 Å². The van der Waals surface area contributed by atoms with Crippen LogP contribution in [0, 0.1) is 0 Å². The molecule has 2 heterocycles. The van der Waals surface area contributed by atoms with Gasteiger partial charge in [0.2, 0.25) is 5.91 Å². The zero-order chi connectivity index (χ0) is 30.4. The number of ether oxygens (including phenoxy) is 1. The Labute approximate surface area is 250 Å². The molecule has 0 radical (unpaired) electrons. The second-order valence-corrected chi connectivity index (χ2v) is 11.2. The molecular formula is C31H37ClN6O4. The molecule has 3 N–H and O–H groups in total. The number of aliphatic hydroxyl groups is 1. The summed E-state index contributed by atoms with van der Waals surface area (Å²) in [6.45, 7) is 5.99. The summed E-state index contributed by atoms with van der Waals surface area (Å²) in [5, 5.41) is 16.4. The van der Waals surface area contributed by atoms with Crippen LogP contribution in [-0.4, -0.2) is 75.5 Å². The first-order chi connectivity index (χ1) is 20.0. The minimum Gasteiger partial charge on any atom is -0.489 e. The van der Waals surface area contributed by atoms with Crippen LogP contribution in [0.1, 0.15) is 48.4 Å². The summed E-state index contributed by atoms with van der Waals surface area (Å²) in [7, 11) is 3.64. The van der Waals surface area contributed by atoms with Crippen molar-refractivity contribution in [2.45, 2.75) is 45.4 Å². The van der Waals surface area contributed by atoms with Gasteiger partial charge in [-0.1, -0.05) is 35.9 Å². The van der Waals surface area contributed by atoms with E-state index < -0.39 is 6.10 Å². The molecule has 0 fully saturated rings. The van der Waals surface area contributed by atoms with E-state index >= 15 is 0 Å². The van der Waals surface area contributed by atoms with Gasteiger partial charge in [-0.3, -0.25) is 14.0 Å². The first-order valence-corrected chi connectivity index (χ1v) is 14.2. The molecule has 4 rings (SSSR count). The predicted molar refractivity (Wildman–Crippen MR) is 163 cm³/mol. The number of carbonyl (C=O) groups is 2. The van der Waals surface area contributed by atoms with Crippen LogP contribution in [-0.2, 0) is 11.2 Å². The van der Waals surface area contributed by atoms with Gasteiger partial charge in [0, 0.05) is 35.6 Å². The minimum atomic E-state index is -0.688. The molecular weight excluding hydrogens is 556 g/mol. The molecule has 2 aromatic heterocycles. The highest BCUT2D eigenvalue weighted by Crippen LogP contribution is 2.27. The summed E-state index contributed by atoms with van der Waals surface area (Å²) < 4.78 is 7.47. The lowest BCUT2D eigenvalue weighted by Crippen LogP contribution is -2.46. The number of aliphatic hydroxyl groups excluding tert-OH is 1. The standard InChI is InChI=1S/C31H37ClN6O4/c1-19(2)42-28-11-10-23(13-26(28)32)31(41)35-24(14-34-29(40)17-37(4)5)12-21-6-8-22(9-7-21)27-16-38-18-33-15-25(20(3)39)30(38)36-27/h6-11,13,15-16,18-20,24,39H,12,14,17H2,1-5H3,(H,34,40)(H,35,41)/t20-,24-/m0/s1. The fourth-order valence-electron chi connectivity index (χ4n) is 4.48. The van der Waals surface area contributed by atoms with Crippen LogP contribution in [0.4, 0.5) is 0 Å². The highest BCUT2D eigenvalue weighted by molar-refractivity contribution is 6.32. The number of nitrogens with zero attached hydrogens (tertiary/aromatic N) is 4. The fraction of sp³-hybridized carbons (Fsp3) is 0.355. The Hall–Kier alpha value is -3.99. The number of carbonyl (C=O) groups excluding carboxylic acids is 2. The first kappa shape index (κ1) is 31.0. The number of aromatic nitrogens is 3. The molecule has 222 valence electrons. The van der Waals surface area contributed by atoms with Crippen LogP contribution in [0.2, 0.25) is 5.02 Å². The Morgan fingerprint density at radius 1 is 1.12 bits per heavy atom. The quantitative estimate of drug-likeness (QED) is 0.228. The summed E-state index contributed by atoms with van der Waals surface area (Å²) in [4.78, 5) is 36.2. The average Bonchev–Trinajstić information content (AvgIpc) is 3.37. The molecule has 10 nitrogen and oxygen atoms in total. The lowest BCUT2D eigenvalue weighted by atomic mass is 10.0. The van der Waals surface area contributed by atoms with E-state index in [2.05, 4.69) is 15.6 Å². The lowest BCUT2D eigenvalue weighted by molar-refractivity contribution is -0.121. The summed E-state index contributed by atoms with van der Waals surface area (Å²) >= 11 is 6.36. The van der Waals surface area contributed by atoms with Crippen molar-refractivity contribution in [1.29, 1.82) is 0 Å². The van der Waals surface area contributed by atoms with Gasteiger partial charge in [0.05, 0.1) is 35.5 Å². The van der Waals surface area contributed by atoms with E-state index in [1.54, 1.807) is 46.9 Å². The summed E-state index contributed by atoms with van der Waals surface area (Å²) in [5.74, 6) is 0.0780. The van der Waals surface area contributed by atoms with E-state index in [4.69, 9.17) is 21.3 Å². The molecule has 0 saturated carbocycles. The summed E-state index contributed by atoms with van der Waals surface area (Å²) in [5.41, 5.74) is 4.32. The van der Waals surface area contributed by atoms with E-state index in [-0.39, 0.29) is 37.0 Å². The maximum atomic E-state index is 13.2.